The van der Waals surface area contributed by atoms with E-state index in [1.807, 2.05) is 18.9 Å². The van der Waals surface area contributed by atoms with Crippen LogP contribution in [0.1, 0.15) is 48.9 Å². The van der Waals surface area contributed by atoms with E-state index >= 15 is 0 Å². The summed E-state index contributed by atoms with van der Waals surface area (Å²) < 4.78 is 13.6. The van der Waals surface area contributed by atoms with Crippen LogP contribution in [0.5, 0.6) is 0 Å². The first-order valence-corrected chi connectivity index (χ1v) is 15.5. The van der Waals surface area contributed by atoms with Gasteiger partial charge in [-0.15, -0.1) is 0 Å². The number of rotatable bonds is 5. The van der Waals surface area contributed by atoms with Crippen LogP contribution in [-0.4, -0.2) is 69.8 Å². The number of aromatic nitrogens is 2. The van der Waals surface area contributed by atoms with Gasteiger partial charge in [0.25, 0.3) is 5.91 Å². The number of pyridine rings is 1. The number of anilines is 3. The molecule has 1 fully saturated rings. The smallest absolute Gasteiger partial charge is 0.254 e. The van der Waals surface area contributed by atoms with Crippen LogP contribution in [0.4, 0.5) is 20.9 Å². The number of benzene rings is 2. The first-order valence-electron chi connectivity index (χ1n) is 14.7. The molecule has 1 saturated heterocycles. The van der Waals surface area contributed by atoms with E-state index in [1.54, 1.807) is 24.0 Å². The summed E-state index contributed by atoms with van der Waals surface area (Å²) in [6.07, 6.45) is 1.17. The third-order valence-electron chi connectivity index (χ3n) is 8.62. The Kier molecular flexibility index (Phi) is 7.35. The van der Waals surface area contributed by atoms with E-state index in [1.165, 1.54) is 37.3 Å². The van der Waals surface area contributed by atoms with Crippen LogP contribution in [0.2, 0.25) is 0 Å². The lowest BCUT2D eigenvalue weighted by molar-refractivity contribution is -0.148. The predicted octanol–water partition coefficient (Wildman–Crippen LogP) is 5.02. The van der Waals surface area contributed by atoms with Crippen molar-refractivity contribution in [2.45, 2.75) is 51.7 Å². The minimum atomic E-state index is -1.41. The first kappa shape index (κ1) is 29.9. The van der Waals surface area contributed by atoms with Crippen molar-refractivity contribution in [3.8, 4) is 17.3 Å². The Morgan fingerprint density at radius 1 is 1.16 bits per heavy atom. The molecule has 1 amide bonds. The van der Waals surface area contributed by atoms with Crippen LogP contribution < -0.4 is 9.80 Å². The largest absolute Gasteiger partial charge is 0.384 e. The summed E-state index contributed by atoms with van der Waals surface area (Å²) >= 11 is 1.27. The normalized spacial score (nSPS) is 18.4. The molecule has 2 N–H and O–H groups in total. The van der Waals surface area contributed by atoms with E-state index in [0.717, 1.165) is 33.4 Å². The fourth-order valence-corrected chi connectivity index (χ4v) is 7.11. The maximum atomic E-state index is 13.6. The topological polar surface area (TPSA) is 117 Å². The maximum absolute atomic E-state index is 13.6. The highest BCUT2D eigenvalue weighted by Gasteiger charge is 2.38. The molecule has 1 aliphatic carbocycles. The fraction of sp³-hybridized carbons (Fsp3) is 0.394. The molecule has 3 heterocycles. The number of carbonyl (C=O) groups is 1. The lowest BCUT2D eigenvalue weighted by Crippen LogP contribution is -2.54. The standard InChI is InChI=1S/C33H35FN6O3S/c1-19-16-22(39-12-14-40(15-13-39)30(41)32(2,3)42)17-24-26(19)36-29-23(10-11-33(29,4)43)28(24)38(5)31-37-27(25(18-35)44-31)20-6-8-21(34)9-7-20/h6-9,16-17,42-43H,10-15H2,1-5H3. The van der Waals surface area contributed by atoms with Gasteiger partial charge in [-0.1, -0.05) is 11.3 Å². The van der Waals surface area contributed by atoms with Gasteiger partial charge in [-0.05, 0) is 82.5 Å². The van der Waals surface area contributed by atoms with Gasteiger partial charge in [0.2, 0.25) is 0 Å². The van der Waals surface area contributed by atoms with Crippen molar-refractivity contribution in [1.82, 2.24) is 14.9 Å². The number of thiazole rings is 1. The van der Waals surface area contributed by atoms with Gasteiger partial charge in [0, 0.05) is 55.4 Å². The quantitative estimate of drug-likeness (QED) is 0.322. The molecule has 4 aromatic rings. The van der Waals surface area contributed by atoms with Crippen LogP contribution in [-0.2, 0) is 16.8 Å². The molecule has 228 valence electrons. The number of aryl methyl sites for hydroxylation is 1. The average molecular weight is 615 g/mol. The van der Waals surface area contributed by atoms with E-state index in [-0.39, 0.29) is 11.7 Å². The second-order valence-corrected chi connectivity index (χ2v) is 13.4. The minimum Gasteiger partial charge on any atom is -0.384 e. The summed E-state index contributed by atoms with van der Waals surface area (Å²) in [4.78, 5) is 28.8. The molecular weight excluding hydrogens is 579 g/mol. The summed E-state index contributed by atoms with van der Waals surface area (Å²) in [6.45, 7) is 9.06. The molecule has 0 spiro atoms. The van der Waals surface area contributed by atoms with Gasteiger partial charge >= 0.3 is 0 Å². The molecule has 0 bridgehead atoms. The monoisotopic (exact) mass is 614 g/mol. The van der Waals surface area contributed by atoms with Crippen LogP contribution in [0, 0.1) is 24.1 Å². The summed E-state index contributed by atoms with van der Waals surface area (Å²) in [6, 6.07) is 12.4. The van der Waals surface area contributed by atoms with Gasteiger partial charge < -0.3 is 24.9 Å². The number of nitrogens with zero attached hydrogens (tertiary/aromatic N) is 6. The summed E-state index contributed by atoms with van der Waals surface area (Å²) in [5.74, 6) is -0.634. The Bertz CT molecular complexity index is 1810. The Balaban J connectivity index is 1.45. The number of aliphatic hydroxyl groups is 2. The molecule has 1 aliphatic heterocycles. The van der Waals surface area contributed by atoms with E-state index in [9.17, 15) is 24.7 Å². The van der Waals surface area contributed by atoms with Crippen LogP contribution in [0.25, 0.3) is 22.2 Å². The number of piperazine rings is 1. The van der Waals surface area contributed by atoms with Crippen molar-refractivity contribution >= 4 is 44.7 Å². The van der Waals surface area contributed by atoms with Crippen molar-refractivity contribution in [3.05, 3.63) is 63.9 Å². The second-order valence-electron chi connectivity index (χ2n) is 12.4. The zero-order valence-corrected chi connectivity index (χ0v) is 26.3. The molecular formula is C33H35FN6O3S. The number of fused-ring (bicyclic) bond motifs is 2. The highest BCUT2D eigenvalue weighted by molar-refractivity contribution is 7.16. The fourth-order valence-electron chi connectivity index (χ4n) is 6.26. The van der Waals surface area contributed by atoms with Crippen molar-refractivity contribution in [2.75, 3.05) is 43.0 Å². The lowest BCUT2D eigenvalue weighted by Gasteiger charge is -2.38. The van der Waals surface area contributed by atoms with Crippen molar-refractivity contribution < 1.29 is 19.4 Å². The molecule has 1 unspecified atom stereocenters. The molecule has 9 nitrogen and oxygen atoms in total. The van der Waals surface area contributed by atoms with Gasteiger partial charge in [-0.3, -0.25) is 4.79 Å². The van der Waals surface area contributed by atoms with Gasteiger partial charge in [0.1, 0.15) is 33.7 Å². The maximum Gasteiger partial charge on any atom is 0.254 e. The highest BCUT2D eigenvalue weighted by Crippen LogP contribution is 2.47. The van der Waals surface area contributed by atoms with Crippen molar-refractivity contribution in [3.63, 3.8) is 0 Å². The predicted molar refractivity (Wildman–Crippen MR) is 170 cm³/mol. The number of amides is 1. The van der Waals surface area contributed by atoms with Gasteiger partial charge in [0.05, 0.1) is 16.9 Å². The van der Waals surface area contributed by atoms with Crippen LogP contribution in [0.3, 0.4) is 0 Å². The number of carbonyl (C=O) groups excluding carboxylic acids is 1. The summed E-state index contributed by atoms with van der Waals surface area (Å²) in [5.41, 5.74) is 3.88. The molecule has 11 heteroatoms. The zero-order valence-electron chi connectivity index (χ0n) is 25.5. The van der Waals surface area contributed by atoms with Gasteiger partial charge in [-0.2, -0.15) is 5.26 Å². The molecule has 2 aromatic heterocycles. The Labute approximate surface area is 259 Å². The molecule has 1 atom stereocenters. The summed E-state index contributed by atoms with van der Waals surface area (Å²) in [5, 5.41) is 33.0. The molecule has 44 heavy (non-hydrogen) atoms. The third kappa shape index (κ3) is 5.17. The molecule has 6 rings (SSSR count). The number of hydrogen-bond donors (Lipinski definition) is 2. The average Bonchev–Trinajstić information content (AvgIpc) is 3.56. The Hall–Kier alpha value is -4.11. The third-order valence-corrected chi connectivity index (χ3v) is 9.66. The van der Waals surface area contributed by atoms with Crippen LogP contribution >= 0.6 is 11.3 Å². The van der Waals surface area contributed by atoms with E-state index in [0.29, 0.717) is 66.0 Å². The number of nitriles is 1. The summed E-state index contributed by atoms with van der Waals surface area (Å²) in [7, 11) is 1.92. The minimum absolute atomic E-state index is 0.275. The zero-order chi connectivity index (χ0) is 31.6. The molecule has 2 aromatic carbocycles. The number of hydrogen-bond acceptors (Lipinski definition) is 9. The first-order chi connectivity index (χ1) is 20.8. The Morgan fingerprint density at radius 3 is 2.48 bits per heavy atom. The SMILES string of the molecule is Cc1cc(N2CCN(C(=O)C(C)(C)O)CC2)cc2c(N(C)c3nc(-c4ccc(F)cc4)c(C#N)s3)c3c(nc12)C(C)(O)CC3. The van der Waals surface area contributed by atoms with Gasteiger partial charge in [-0.25, -0.2) is 14.4 Å². The van der Waals surface area contributed by atoms with Crippen molar-refractivity contribution in [2.24, 2.45) is 0 Å². The molecule has 0 saturated carbocycles. The van der Waals surface area contributed by atoms with Crippen molar-refractivity contribution in [1.29, 1.82) is 5.26 Å². The van der Waals surface area contributed by atoms with E-state index in [2.05, 4.69) is 23.1 Å². The van der Waals surface area contributed by atoms with E-state index in [4.69, 9.17) is 9.97 Å². The molecule has 2 aliphatic rings. The highest BCUT2D eigenvalue weighted by atomic mass is 32.1. The number of halogens is 1. The Morgan fingerprint density at radius 2 is 1.84 bits per heavy atom. The molecule has 0 radical (unpaired) electrons. The van der Waals surface area contributed by atoms with E-state index < -0.39 is 11.2 Å². The van der Waals surface area contributed by atoms with Gasteiger partial charge in [0.15, 0.2) is 5.13 Å². The lowest BCUT2D eigenvalue weighted by atomic mass is 9.99. The van der Waals surface area contributed by atoms with Crippen LogP contribution in [0.15, 0.2) is 36.4 Å². The second kappa shape index (κ2) is 10.8.